The first-order valence-corrected chi connectivity index (χ1v) is 19.8. The van der Waals surface area contributed by atoms with Crippen molar-refractivity contribution in [3.63, 3.8) is 0 Å². The van der Waals surface area contributed by atoms with E-state index in [4.69, 9.17) is 23.4 Å². The number of aromatic nitrogens is 4. The zero-order chi connectivity index (χ0) is 49.8. The Morgan fingerprint density at radius 3 is 2.08 bits per heavy atom. The van der Waals surface area contributed by atoms with Crippen molar-refractivity contribution in [3.8, 4) is 50.9 Å². The minimum Gasteiger partial charge on any atom is -0.510 e. The van der Waals surface area contributed by atoms with Crippen LogP contribution in [0.2, 0.25) is 0 Å². The van der Waals surface area contributed by atoms with Gasteiger partial charge in [0.25, 0.3) is 6.33 Å². The maximum Gasteiger partial charge on any atom is 0.268 e. The average Bonchev–Trinajstić information content (AvgIpc) is 3.92. The molecule has 11 aromatic rings. The summed E-state index contributed by atoms with van der Waals surface area (Å²) in [6.07, 6.45) is 5.25. The van der Waals surface area contributed by atoms with Crippen LogP contribution >= 0.6 is 0 Å². The van der Waals surface area contributed by atoms with Gasteiger partial charge in [0.2, 0.25) is 0 Å². The van der Waals surface area contributed by atoms with Gasteiger partial charge in [-0.15, -0.1) is 29.7 Å². The van der Waals surface area contributed by atoms with Crippen LogP contribution in [-0.4, -0.2) is 14.1 Å². The number of imidazole rings is 1. The molecule has 0 radical (unpaired) electrons. The number of ether oxygens (including phenoxy) is 1. The van der Waals surface area contributed by atoms with Gasteiger partial charge in [0.05, 0.1) is 30.4 Å². The van der Waals surface area contributed by atoms with E-state index in [0.29, 0.717) is 28.2 Å². The largest absolute Gasteiger partial charge is 0.510 e. The van der Waals surface area contributed by atoms with Crippen LogP contribution in [0.25, 0.3) is 83.1 Å². The van der Waals surface area contributed by atoms with Crippen LogP contribution in [0, 0.1) is 18.5 Å². The summed E-state index contributed by atoms with van der Waals surface area (Å²) in [6.45, 7) is 6.53. The van der Waals surface area contributed by atoms with Crippen LogP contribution < -0.4 is 9.30 Å². The fraction of sp³-hybridized carbons (Fsp3) is 0.0714. The topological polar surface area (TPSA) is 35.9 Å². The van der Waals surface area contributed by atoms with Crippen molar-refractivity contribution in [2.24, 2.45) is 0 Å². The smallest absolute Gasteiger partial charge is 0.268 e. The molecule has 0 unspecified atom stereocenters. The van der Waals surface area contributed by atoms with Gasteiger partial charge >= 0.3 is 0 Å². The third-order valence-electron chi connectivity index (χ3n) is 11.0. The fourth-order valence-corrected chi connectivity index (χ4v) is 8.08. The zero-order valence-electron chi connectivity index (χ0n) is 43.6. The zero-order valence-corrected chi connectivity index (χ0v) is 35.9. The first-order valence-electron chi connectivity index (χ1n) is 24.8. The maximum atomic E-state index is 9.02. The van der Waals surface area contributed by atoms with E-state index in [0.717, 1.165) is 44.0 Å². The number of para-hydroxylation sites is 3. The van der Waals surface area contributed by atoms with Crippen LogP contribution in [0.3, 0.4) is 0 Å². The number of rotatable bonds is 7. The molecule has 11 rings (SSSR count). The minimum absolute atomic E-state index is 0. The van der Waals surface area contributed by atoms with Crippen molar-refractivity contribution < 1.29 is 44.1 Å². The van der Waals surface area contributed by atoms with Crippen molar-refractivity contribution in [3.05, 3.63) is 212 Å². The van der Waals surface area contributed by atoms with E-state index in [2.05, 4.69) is 74.1 Å². The molecule has 3 heterocycles. The van der Waals surface area contributed by atoms with Gasteiger partial charge in [0.1, 0.15) is 5.82 Å². The molecule has 0 aliphatic carbocycles. The number of benzene rings is 8. The second-order valence-electron chi connectivity index (χ2n) is 15.7. The first-order chi connectivity index (χ1) is 34.0. The molecule has 0 saturated heterocycles. The van der Waals surface area contributed by atoms with E-state index in [1.165, 1.54) is 0 Å². The quantitative estimate of drug-likeness (QED) is 0.118. The summed E-state index contributed by atoms with van der Waals surface area (Å²) >= 11 is 0. The van der Waals surface area contributed by atoms with E-state index < -0.39 is 60.4 Å². The van der Waals surface area contributed by atoms with Crippen LogP contribution in [0.15, 0.2) is 188 Å². The Hall–Kier alpha value is -7.07. The number of pyridine rings is 1. The Bertz CT molecular complexity index is 3910. The molecule has 0 fully saturated rings. The maximum absolute atomic E-state index is 9.02. The molecule has 0 N–H and O–H groups in total. The summed E-state index contributed by atoms with van der Waals surface area (Å²) in [5.74, 6) is 1.54. The molecule has 0 aliphatic rings. The molecule has 3 aromatic heterocycles. The standard InChI is InChI=1S/C56H40N4O.Pt/c1-56(2,3)41-32-33-57-53(34-41)60-52-36-44(29-31-48(52)49-30-28-40-20-10-11-23-47(40)55(49)60)61-43-22-14-21-42(35-43)58-37-59(51-27-13-12-26-50(51)58)54-45(38-16-6-4-7-17-38)24-15-25-46(54)39-18-8-5-9-19-39;/h4-34H,1-3H3;/q-2;/i4D,5D,6D,7D,8D,9D,16D,17D,18D,19D;. The van der Waals surface area contributed by atoms with E-state index >= 15 is 0 Å². The monoisotopic (exact) mass is 989 g/mol. The van der Waals surface area contributed by atoms with Gasteiger partial charge in [0.15, 0.2) is 0 Å². The van der Waals surface area contributed by atoms with Crippen molar-refractivity contribution in [1.82, 2.24) is 14.1 Å². The van der Waals surface area contributed by atoms with E-state index in [1.807, 2.05) is 66.9 Å². The normalized spacial score (nSPS) is 13.9. The molecule has 8 aromatic carbocycles. The van der Waals surface area contributed by atoms with Crippen molar-refractivity contribution in [1.29, 1.82) is 0 Å². The van der Waals surface area contributed by atoms with Gasteiger partial charge in [-0.05, 0) is 61.8 Å². The molecule has 302 valence electrons. The first kappa shape index (κ1) is 29.2. The summed E-state index contributed by atoms with van der Waals surface area (Å²) in [5, 5.41) is 4.19. The van der Waals surface area contributed by atoms with E-state index in [9.17, 15) is 0 Å². The molecule has 0 spiro atoms. The fourth-order valence-electron chi connectivity index (χ4n) is 8.08. The second kappa shape index (κ2) is 15.8. The number of fused-ring (bicyclic) bond motifs is 6. The predicted molar refractivity (Wildman–Crippen MR) is 247 cm³/mol. The summed E-state index contributed by atoms with van der Waals surface area (Å²) in [4.78, 5) is 4.90. The molecule has 6 heteroatoms. The average molecular weight is 990 g/mol. The second-order valence-corrected chi connectivity index (χ2v) is 15.7. The summed E-state index contributed by atoms with van der Waals surface area (Å²) < 4.78 is 99.1. The van der Waals surface area contributed by atoms with Crippen LogP contribution in [0.4, 0.5) is 0 Å². The van der Waals surface area contributed by atoms with E-state index in [-0.39, 0.29) is 54.4 Å². The number of hydrogen-bond acceptors (Lipinski definition) is 2. The molecular formula is C56H40N4OPt-2. The van der Waals surface area contributed by atoms with Crippen LogP contribution in [-0.2, 0) is 26.5 Å². The number of hydrogen-bond donors (Lipinski definition) is 0. The molecule has 0 atom stereocenters. The Kier molecular flexibility index (Phi) is 7.43. The third-order valence-corrected chi connectivity index (χ3v) is 11.0. The molecule has 62 heavy (non-hydrogen) atoms. The Morgan fingerprint density at radius 1 is 0.645 bits per heavy atom. The molecule has 0 aliphatic heterocycles. The van der Waals surface area contributed by atoms with Crippen LogP contribution in [0.5, 0.6) is 11.5 Å². The molecule has 5 nitrogen and oxygen atoms in total. The molecular weight excluding hydrogens is 940 g/mol. The van der Waals surface area contributed by atoms with Gasteiger partial charge in [-0.2, -0.15) is 18.2 Å². The third kappa shape index (κ3) is 6.80. The Labute approximate surface area is 389 Å². The minimum atomic E-state index is -0.572. The van der Waals surface area contributed by atoms with Crippen molar-refractivity contribution >= 4 is 43.6 Å². The number of nitrogens with zero attached hydrogens (tertiary/aromatic N) is 4. The molecule has 0 bridgehead atoms. The van der Waals surface area contributed by atoms with Crippen molar-refractivity contribution in [2.45, 2.75) is 26.2 Å². The summed E-state index contributed by atoms with van der Waals surface area (Å²) in [6, 6.07) is 39.8. The van der Waals surface area contributed by atoms with E-state index in [1.54, 1.807) is 39.5 Å². The van der Waals surface area contributed by atoms with Crippen molar-refractivity contribution in [2.75, 3.05) is 0 Å². The van der Waals surface area contributed by atoms with Gasteiger partial charge in [-0.25, -0.2) is 4.98 Å². The SMILES string of the molecule is [2H]c1c([2H])c([2H])c(-c2cccc(-c3c([2H])c([2H])c([2H])c([2H])c3[2H])c2-[n+]2[c-]n(-c3[c-]c(Oc4[c-]c5c(cc4)c4ccc6ccccc6c4n5-c4cc(C(C)(C)C)ccn4)ccc3)c3ccccc32)c([2H])c1[2H].[Pt]. The predicted octanol–water partition coefficient (Wildman–Crippen LogP) is 13.4. The summed E-state index contributed by atoms with van der Waals surface area (Å²) in [5.41, 5.74) is 4.61. The van der Waals surface area contributed by atoms with Gasteiger partial charge in [0, 0.05) is 49.7 Å². The van der Waals surface area contributed by atoms with Gasteiger partial charge in [-0.3, -0.25) is 4.57 Å². The Balaban J connectivity index is 0.00000596. The van der Waals surface area contributed by atoms with Gasteiger partial charge in [-0.1, -0.05) is 166 Å². The molecule has 0 amide bonds. The van der Waals surface area contributed by atoms with Crippen LogP contribution in [0.1, 0.15) is 40.0 Å². The van der Waals surface area contributed by atoms with Gasteiger partial charge < -0.3 is 13.9 Å². The Morgan fingerprint density at radius 2 is 1.32 bits per heavy atom. The summed E-state index contributed by atoms with van der Waals surface area (Å²) in [7, 11) is 0. The molecule has 0 saturated carbocycles.